The fourth-order valence-electron chi connectivity index (χ4n) is 1.62. The molecule has 3 rings (SSSR count). The van der Waals surface area contributed by atoms with Crippen molar-refractivity contribution in [2.75, 3.05) is 5.73 Å². The maximum absolute atomic E-state index is 6.04. The van der Waals surface area contributed by atoms with Crippen LogP contribution in [0.2, 0.25) is 0 Å². The first-order valence-electron chi connectivity index (χ1n) is 5.00. The molecule has 2 heterocycles. The van der Waals surface area contributed by atoms with Crippen LogP contribution in [0.25, 0.3) is 20.8 Å². The first-order valence-corrected chi connectivity index (χ1v) is 6.61. The summed E-state index contributed by atoms with van der Waals surface area (Å²) in [5.74, 6) is 0. The Labute approximate surface area is 110 Å². The first kappa shape index (κ1) is 10.7. The molecule has 0 radical (unpaired) electrons. The highest BCUT2D eigenvalue weighted by atomic mass is 79.9. The fourth-order valence-corrected chi connectivity index (χ4v) is 2.96. The summed E-state index contributed by atoms with van der Waals surface area (Å²) in [6.45, 7) is 0. The van der Waals surface area contributed by atoms with Gasteiger partial charge in [0.1, 0.15) is 10.5 Å². The van der Waals surface area contributed by atoms with Crippen LogP contribution in [0, 0.1) is 0 Å². The standard InChI is InChI=1S/C12H8BrN3S/c13-8-3-1-2-7(11(8)14)12-16-9-6-15-5-4-10(9)17-12/h1-6H,14H2. The molecule has 2 aromatic heterocycles. The van der Waals surface area contributed by atoms with Crippen molar-refractivity contribution < 1.29 is 0 Å². The van der Waals surface area contributed by atoms with Gasteiger partial charge in [-0.25, -0.2) is 4.98 Å². The molecule has 3 aromatic rings. The fraction of sp³-hybridized carbons (Fsp3) is 0. The topological polar surface area (TPSA) is 51.8 Å². The van der Waals surface area contributed by atoms with E-state index in [1.54, 1.807) is 23.7 Å². The monoisotopic (exact) mass is 305 g/mol. The molecule has 0 unspecified atom stereocenters. The van der Waals surface area contributed by atoms with E-state index >= 15 is 0 Å². The molecule has 84 valence electrons. The molecule has 0 aliphatic carbocycles. The minimum atomic E-state index is 0.722. The number of thiazole rings is 1. The molecule has 17 heavy (non-hydrogen) atoms. The summed E-state index contributed by atoms with van der Waals surface area (Å²) in [6.07, 6.45) is 3.54. The predicted octanol–water partition coefficient (Wildman–Crippen LogP) is 3.70. The van der Waals surface area contributed by atoms with Crippen LogP contribution in [0.1, 0.15) is 0 Å². The van der Waals surface area contributed by atoms with Crippen LogP contribution in [0.5, 0.6) is 0 Å². The molecule has 0 saturated carbocycles. The van der Waals surface area contributed by atoms with E-state index in [2.05, 4.69) is 25.9 Å². The van der Waals surface area contributed by atoms with Gasteiger partial charge in [-0.05, 0) is 34.1 Å². The summed E-state index contributed by atoms with van der Waals surface area (Å²) >= 11 is 5.05. The van der Waals surface area contributed by atoms with Crippen molar-refractivity contribution in [2.45, 2.75) is 0 Å². The lowest BCUT2D eigenvalue weighted by Crippen LogP contribution is -1.90. The predicted molar refractivity (Wildman–Crippen MR) is 75.0 cm³/mol. The van der Waals surface area contributed by atoms with E-state index in [0.717, 1.165) is 30.9 Å². The minimum absolute atomic E-state index is 0.722. The molecule has 0 atom stereocenters. The third kappa shape index (κ3) is 1.81. The number of fused-ring (bicyclic) bond motifs is 1. The maximum atomic E-state index is 6.04. The number of anilines is 1. The van der Waals surface area contributed by atoms with Gasteiger partial charge in [-0.1, -0.05) is 6.07 Å². The second-order valence-corrected chi connectivity index (χ2v) is 5.45. The number of rotatable bonds is 1. The summed E-state index contributed by atoms with van der Waals surface area (Å²) in [5, 5.41) is 0.923. The Morgan fingerprint density at radius 2 is 2.12 bits per heavy atom. The number of nitrogens with two attached hydrogens (primary N) is 1. The van der Waals surface area contributed by atoms with Gasteiger partial charge in [0, 0.05) is 16.2 Å². The van der Waals surface area contributed by atoms with Crippen LogP contribution < -0.4 is 5.73 Å². The molecule has 2 N–H and O–H groups in total. The molecule has 0 aliphatic heterocycles. The summed E-state index contributed by atoms with van der Waals surface area (Å²) in [6, 6.07) is 7.82. The zero-order valence-corrected chi connectivity index (χ0v) is 11.1. The van der Waals surface area contributed by atoms with E-state index in [0.29, 0.717) is 0 Å². The number of nitrogen functional groups attached to an aromatic ring is 1. The lowest BCUT2D eigenvalue weighted by molar-refractivity contribution is 1.34. The van der Waals surface area contributed by atoms with E-state index in [4.69, 9.17) is 5.73 Å². The zero-order valence-electron chi connectivity index (χ0n) is 8.72. The van der Waals surface area contributed by atoms with Crippen molar-refractivity contribution in [3.63, 3.8) is 0 Å². The average molecular weight is 306 g/mol. The second kappa shape index (κ2) is 4.09. The van der Waals surface area contributed by atoms with Gasteiger partial charge in [-0.3, -0.25) is 4.98 Å². The van der Waals surface area contributed by atoms with Gasteiger partial charge in [0.05, 0.1) is 16.6 Å². The van der Waals surface area contributed by atoms with E-state index < -0.39 is 0 Å². The van der Waals surface area contributed by atoms with Gasteiger partial charge in [-0.15, -0.1) is 11.3 Å². The number of hydrogen-bond donors (Lipinski definition) is 1. The Balaban J connectivity index is 2.24. The molecular formula is C12H8BrN3S. The first-order chi connectivity index (χ1) is 8.25. The third-order valence-corrected chi connectivity index (χ3v) is 4.23. The van der Waals surface area contributed by atoms with Crippen LogP contribution in [0.4, 0.5) is 5.69 Å². The van der Waals surface area contributed by atoms with E-state index in [1.807, 2.05) is 24.3 Å². The molecule has 0 fully saturated rings. The average Bonchev–Trinajstić information content (AvgIpc) is 2.76. The molecule has 0 aliphatic rings. The Hall–Kier alpha value is -1.46. The van der Waals surface area contributed by atoms with Gasteiger partial charge >= 0.3 is 0 Å². The summed E-state index contributed by atoms with van der Waals surface area (Å²) in [4.78, 5) is 8.60. The molecule has 5 heteroatoms. The highest BCUT2D eigenvalue weighted by molar-refractivity contribution is 9.10. The van der Waals surface area contributed by atoms with Gasteiger partial charge in [0.15, 0.2) is 0 Å². The largest absolute Gasteiger partial charge is 0.397 e. The molecule has 0 saturated heterocycles. The van der Waals surface area contributed by atoms with E-state index in [1.165, 1.54) is 0 Å². The molecule has 0 spiro atoms. The Bertz CT molecular complexity index is 660. The highest BCUT2D eigenvalue weighted by Gasteiger charge is 2.10. The number of hydrogen-bond acceptors (Lipinski definition) is 4. The van der Waals surface area contributed by atoms with Crippen molar-refractivity contribution in [1.29, 1.82) is 0 Å². The summed E-state index contributed by atoms with van der Waals surface area (Å²) in [5.41, 5.74) is 8.63. The third-order valence-electron chi connectivity index (χ3n) is 2.47. The normalized spacial score (nSPS) is 10.9. The highest BCUT2D eigenvalue weighted by Crippen LogP contribution is 2.35. The number of aromatic nitrogens is 2. The molecule has 0 bridgehead atoms. The van der Waals surface area contributed by atoms with Crippen molar-refractivity contribution >= 4 is 43.2 Å². The van der Waals surface area contributed by atoms with Crippen LogP contribution in [-0.2, 0) is 0 Å². The maximum Gasteiger partial charge on any atom is 0.126 e. The van der Waals surface area contributed by atoms with Gasteiger partial charge < -0.3 is 5.73 Å². The smallest absolute Gasteiger partial charge is 0.126 e. The van der Waals surface area contributed by atoms with E-state index in [-0.39, 0.29) is 0 Å². The van der Waals surface area contributed by atoms with Crippen LogP contribution in [0.15, 0.2) is 41.1 Å². The van der Waals surface area contributed by atoms with Crippen molar-refractivity contribution in [3.8, 4) is 10.6 Å². The number of halogens is 1. The second-order valence-electron chi connectivity index (χ2n) is 3.56. The number of para-hydroxylation sites is 1. The van der Waals surface area contributed by atoms with Crippen LogP contribution in [-0.4, -0.2) is 9.97 Å². The zero-order chi connectivity index (χ0) is 11.8. The molecular weight excluding hydrogens is 298 g/mol. The van der Waals surface area contributed by atoms with Crippen molar-refractivity contribution in [3.05, 3.63) is 41.1 Å². The Kier molecular flexibility index (Phi) is 2.57. The molecule has 1 aromatic carbocycles. The van der Waals surface area contributed by atoms with Gasteiger partial charge in [-0.2, -0.15) is 0 Å². The quantitative estimate of drug-likeness (QED) is 0.697. The SMILES string of the molecule is Nc1c(Br)cccc1-c1nc2cnccc2s1. The molecule has 3 nitrogen and oxygen atoms in total. The Morgan fingerprint density at radius 3 is 2.94 bits per heavy atom. The summed E-state index contributed by atoms with van der Waals surface area (Å²) < 4.78 is 2.02. The number of nitrogens with zero attached hydrogens (tertiary/aromatic N) is 2. The van der Waals surface area contributed by atoms with Gasteiger partial charge in [0.2, 0.25) is 0 Å². The lowest BCUT2D eigenvalue weighted by Gasteiger charge is -2.03. The number of pyridine rings is 1. The molecule has 0 amide bonds. The van der Waals surface area contributed by atoms with Crippen molar-refractivity contribution in [2.24, 2.45) is 0 Å². The van der Waals surface area contributed by atoms with Gasteiger partial charge in [0.25, 0.3) is 0 Å². The Morgan fingerprint density at radius 1 is 1.24 bits per heavy atom. The number of benzene rings is 1. The van der Waals surface area contributed by atoms with Crippen LogP contribution in [0.3, 0.4) is 0 Å². The summed E-state index contributed by atoms with van der Waals surface area (Å²) in [7, 11) is 0. The minimum Gasteiger partial charge on any atom is -0.397 e. The van der Waals surface area contributed by atoms with Crippen molar-refractivity contribution in [1.82, 2.24) is 9.97 Å². The van der Waals surface area contributed by atoms with E-state index in [9.17, 15) is 0 Å². The van der Waals surface area contributed by atoms with Crippen LogP contribution >= 0.6 is 27.3 Å². The lowest BCUT2D eigenvalue weighted by atomic mass is 10.2.